The standard InChI is InChI=1S/C13H20ClFN4/c14-13-18-8-10(3-2-9-6-11(16)7-9)12(19-13)17-5-1-4-15/h8-9,11H,1-7,16H2,(H,17,18,19). The summed E-state index contributed by atoms with van der Waals surface area (Å²) in [5, 5.41) is 3.34. The Bertz CT molecular complexity index is 410. The maximum atomic E-state index is 12.1. The van der Waals surface area contributed by atoms with Crippen LogP contribution in [0.1, 0.15) is 31.2 Å². The number of anilines is 1. The minimum absolute atomic E-state index is 0.220. The highest BCUT2D eigenvalue weighted by Crippen LogP contribution is 2.30. The lowest BCUT2D eigenvalue weighted by Gasteiger charge is -2.32. The van der Waals surface area contributed by atoms with Crippen LogP contribution in [0.2, 0.25) is 5.28 Å². The van der Waals surface area contributed by atoms with Crippen molar-refractivity contribution in [2.24, 2.45) is 11.7 Å². The zero-order valence-electron chi connectivity index (χ0n) is 10.9. The van der Waals surface area contributed by atoms with Gasteiger partial charge in [-0.15, -0.1) is 0 Å². The largest absolute Gasteiger partial charge is 0.370 e. The van der Waals surface area contributed by atoms with Gasteiger partial charge in [0, 0.05) is 24.3 Å². The highest BCUT2D eigenvalue weighted by atomic mass is 35.5. The highest BCUT2D eigenvalue weighted by Gasteiger charge is 2.25. The van der Waals surface area contributed by atoms with Crippen LogP contribution in [0.3, 0.4) is 0 Å². The zero-order valence-corrected chi connectivity index (χ0v) is 11.7. The molecule has 1 aromatic rings. The Labute approximate surface area is 118 Å². The van der Waals surface area contributed by atoms with E-state index in [4.69, 9.17) is 17.3 Å². The van der Waals surface area contributed by atoms with Gasteiger partial charge in [-0.1, -0.05) is 0 Å². The van der Waals surface area contributed by atoms with Crippen LogP contribution in [0.4, 0.5) is 10.2 Å². The van der Waals surface area contributed by atoms with Crippen LogP contribution in [-0.2, 0) is 6.42 Å². The van der Waals surface area contributed by atoms with Crippen LogP contribution < -0.4 is 11.1 Å². The smallest absolute Gasteiger partial charge is 0.224 e. The van der Waals surface area contributed by atoms with Crippen LogP contribution in [0.25, 0.3) is 0 Å². The number of halogens is 2. The van der Waals surface area contributed by atoms with E-state index in [0.717, 1.165) is 37.1 Å². The van der Waals surface area contributed by atoms with Gasteiger partial charge in [0.05, 0.1) is 6.67 Å². The molecule has 0 spiro atoms. The Morgan fingerprint density at radius 3 is 2.95 bits per heavy atom. The van der Waals surface area contributed by atoms with Gasteiger partial charge in [-0.2, -0.15) is 0 Å². The summed E-state index contributed by atoms with van der Waals surface area (Å²) in [7, 11) is 0. The van der Waals surface area contributed by atoms with E-state index in [-0.39, 0.29) is 12.0 Å². The zero-order chi connectivity index (χ0) is 13.7. The molecule has 1 aliphatic rings. The molecule has 1 saturated carbocycles. The first-order valence-electron chi connectivity index (χ1n) is 6.76. The Morgan fingerprint density at radius 1 is 1.47 bits per heavy atom. The van der Waals surface area contributed by atoms with Crippen LogP contribution >= 0.6 is 11.6 Å². The molecule has 0 amide bonds. The van der Waals surface area contributed by atoms with E-state index in [2.05, 4.69) is 15.3 Å². The summed E-state index contributed by atoms with van der Waals surface area (Å²) in [6.07, 6.45) is 6.45. The van der Waals surface area contributed by atoms with Crippen molar-refractivity contribution in [2.75, 3.05) is 18.5 Å². The van der Waals surface area contributed by atoms with Gasteiger partial charge in [0.15, 0.2) is 0 Å². The van der Waals surface area contributed by atoms with E-state index in [1.54, 1.807) is 6.20 Å². The third-order valence-electron chi connectivity index (χ3n) is 3.53. The van der Waals surface area contributed by atoms with Crippen LogP contribution in [0.15, 0.2) is 6.20 Å². The summed E-state index contributed by atoms with van der Waals surface area (Å²) in [6.45, 7) is 0.228. The topological polar surface area (TPSA) is 63.8 Å². The van der Waals surface area contributed by atoms with E-state index in [1.165, 1.54) is 0 Å². The lowest BCUT2D eigenvalue weighted by molar-refractivity contribution is 0.250. The number of rotatable bonds is 7. The number of aromatic nitrogens is 2. The van der Waals surface area contributed by atoms with Crippen LogP contribution in [0, 0.1) is 5.92 Å². The van der Waals surface area contributed by atoms with Crippen LogP contribution in [0.5, 0.6) is 0 Å². The molecule has 0 unspecified atom stereocenters. The quantitative estimate of drug-likeness (QED) is 0.597. The SMILES string of the molecule is NC1CC(CCc2cnc(Cl)nc2NCCCF)C1. The molecule has 0 radical (unpaired) electrons. The summed E-state index contributed by atoms with van der Waals surface area (Å²) < 4.78 is 12.1. The Morgan fingerprint density at radius 2 is 2.26 bits per heavy atom. The molecule has 106 valence electrons. The molecule has 0 bridgehead atoms. The molecule has 0 saturated heterocycles. The Kier molecular flexibility index (Phi) is 5.34. The van der Waals surface area contributed by atoms with Crippen molar-refractivity contribution < 1.29 is 4.39 Å². The number of nitrogens with zero attached hydrogens (tertiary/aromatic N) is 2. The maximum absolute atomic E-state index is 12.1. The molecular formula is C13H20ClFN4. The van der Waals surface area contributed by atoms with E-state index in [0.29, 0.717) is 24.9 Å². The predicted octanol–water partition coefficient (Wildman–Crippen LogP) is 2.57. The molecule has 1 heterocycles. The van der Waals surface area contributed by atoms with E-state index in [1.807, 2.05) is 0 Å². The molecule has 2 rings (SSSR count). The second kappa shape index (κ2) is 7.01. The molecule has 1 aliphatic carbocycles. The van der Waals surface area contributed by atoms with E-state index >= 15 is 0 Å². The van der Waals surface area contributed by atoms with Crippen molar-refractivity contribution in [2.45, 2.75) is 38.1 Å². The Balaban J connectivity index is 1.89. The molecular weight excluding hydrogens is 267 g/mol. The number of nitrogens with two attached hydrogens (primary N) is 1. The highest BCUT2D eigenvalue weighted by molar-refractivity contribution is 6.28. The fourth-order valence-corrected chi connectivity index (χ4v) is 2.51. The first kappa shape index (κ1) is 14.5. The summed E-state index contributed by atoms with van der Waals surface area (Å²) >= 11 is 5.80. The van der Waals surface area contributed by atoms with E-state index < -0.39 is 0 Å². The number of nitrogens with one attached hydrogen (secondary N) is 1. The molecule has 1 aromatic heterocycles. The molecule has 6 heteroatoms. The predicted molar refractivity (Wildman–Crippen MR) is 75.1 cm³/mol. The summed E-state index contributed by atoms with van der Waals surface area (Å²) in [6, 6.07) is 0.383. The first-order valence-corrected chi connectivity index (χ1v) is 7.13. The average Bonchev–Trinajstić information content (AvgIpc) is 2.35. The summed E-state index contributed by atoms with van der Waals surface area (Å²) in [5.74, 6) is 1.45. The molecule has 0 atom stereocenters. The van der Waals surface area contributed by atoms with Gasteiger partial charge in [0.25, 0.3) is 0 Å². The third-order valence-corrected chi connectivity index (χ3v) is 3.71. The van der Waals surface area contributed by atoms with Crippen molar-refractivity contribution in [3.05, 3.63) is 17.0 Å². The van der Waals surface area contributed by atoms with Gasteiger partial charge < -0.3 is 11.1 Å². The Hall–Kier alpha value is -0.940. The van der Waals surface area contributed by atoms with Gasteiger partial charge >= 0.3 is 0 Å². The minimum atomic E-state index is -0.332. The normalized spacial score (nSPS) is 22.1. The third kappa shape index (κ3) is 4.28. The molecule has 3 N–H and O–H groups in total. The van der Waals surface area contributed by atoms with Crippen molar-refractivity contribution in [1.29, 1.82) is 0 Å². The van der Waals surface area contributed by atoms with Crippen molar-refractivity contribution in [3.63, 3.8) is 0 Å². The summed E-state index contributed by atoms with van der Waals surface area (Å²) in [4.78, 5) is 8.20. The van der Waals surface area contributed by atoms with Gasteiger partial charge in [-0.3, -0.25) is 4.39 Å². The fourth-order valence-electron chi connectivity index (χ4n) is 2.38. The van der Waals surface area contributed by atoms with Gasteiger partial charge in [-0.25, -0.2) is 9.97 Å². The maximum Gasteiger partial charge on any atom is 0.224 e. The van der Waals surface area contributed by atoms with Gasteiger partial charge in [-0.05, 0) is 49.6 Å². The van der Waals surface area contributed by atoms with Crippen molar-refractivity contribution in [1.82, 2.24) is 9.97 Å². The second-order valence-electron chi connectivity index (χ2n) is 5.12. The lowest BCUT2D eigenvalue weighted by atomic mass is 9.77. The lowest BCUT2D eigenvalue weighted by Crippen LogP contribution is -2.36. The molecule has 19 heavy (non-hydrogen) atoms. The number of aryl methyl sites for hydroxylation is 1. The summed E-state index contributed by atoms with van der Waals surface area (Å²) in [5.41, 5.74) is 6.82. The fraction of sp³-hybridized carbons (Fsp3) is 0.692. The molecule has 0 aromatic carbocycles. The number of alkyl halides is 1. The average molecular weight is 287 g/mol. The molecule has 4 nitrogen and oxygen atoms in total. The monoisotopic (exact) mass is 286 g/mol. The van der Waals surface area contributed by atoms with Crippen LogP contribution in [-0.4, -0.2) is 29.2 Å². The second-order valence-corrected chi connectivity index (χ2v) is 5.46. The van der Waals surface area contributed by atoms with Gasteiger partial charge in [0.2, 0.25) is 5.28 Å². The first-order chi connectivity index (χ1) is 9.19. The molecule has 0 aliphatic heterocycles. The van der Waals surface area contributed by atoms with Crippen molar-refractivity contribution >= 4 is 17.4 Å². The minimum Gasteiger partial charge on any atom is -0.370 e. The van der Waals surface area contributed by atoms with Crippen molar-refractivity contribution in [3.8, 4) is 0 Å². The number of hydrogen-bond donors (Lipinski definition) is 2. The van der Waals surface area contributed by atoms with E-state index in [9.17, 15) is 4.39 Å². The van der Waals surface area contributed by atoms with Gasteiger partial charge in [0.1, 0.15) is 5.82 Å². The number of hydrogen-bond acceptors (Lipinski definition) is 4. The molecule has 1 fully saturated rings.